The summed E-state index contributed by atoms with van der Waals surface area (Å²) in [7, 11) is 1.48. The second kappa shape index (κ2) is 6.96. The van der Waals surface area contributed by atoms with Gasteiger partial charge in [-0.15, -0.1) is 0 Å². The number of carbonyl (C=O) groups excluding carboxylic acids is 1. The monoisotopic (exact) mass is 349 g/mol. The van der Waals surface area contributed by atoms with E-state index in [1.54, 1.807) is 0 Å². The Morgan fingerprint density at radius 2 is 1.81 bits per heavy atom. The van der Waals surface area contributed by atoms with Crippen molar-refractivity contribution in [1.82, 2.24) is 4.98 Å². The highest BCUT2D eigenvalue weighted by Crippen LogP contribution is 2.39. The minimum absolute atomic E-state index is 0.130. The van der Waals surface area contributed by atoms with Gasteiger partial charge >= 0.3 is 5.97 Å². The highest BCUT2D eigenvalue weighted by molar-refractivity contribution is 5.96. The number of para-hydroxylation sites is 1. The van der Waals surface area contributed by atoms with E-state index in [0.29, 0.717) is 32.5 Å². The first kappa shape index (κ1) is 16.9. The molecule has 2 aromatic carbocycles. The van der Waals surface area contributed by atoms with Crippen molar-refractivity contribution in [3.63, 3.8) is 0 Å². The molecule has 4 heteroatoms. The normalized spacial score (nSPS) is 16.5. The highest BCUT2D eigenvalue weighted by atomic mass is 16.5. The Balaban J connectivity index is 1.77. The molecule has 4 nitrogen and oxygen atoms in total. The van der Waals surface area contributed by atoms with Crippen molar-refractivity contribution in [3.05, 3.63) is 60.3 Å². The van der Waals surface area contributed by atoms with Crippen LogP contribution in [0, 0.1) is 5.41 Å². The number of H-pyrrole nitrogens is 1. The standard InChI is InChI=1S/C22H23NO3/c1-25-21(24)22(10-12-26-13-11-22)14-16-6-2-3-7-17(16)19-15-23-20-9-5-4-8-18(19)20/h2-9,15,23H,10-14H2,1H3. The zero-order valence-electron chi connectivity index (χ0n) is 15.0. The second-order valence-electron chi connectivity index (χ2n) is 6.97. The molecule has 0 aliphatic carbocycles. The van der Waals surface area contributed by atoms with E-state index in [1.807, 2.05) is 12.1 Å². The molecule has 0 atom stereocenters. The molecule has 2 heterocycles. The maximum atomic E-state index is 12.6. The summed E-state index contributed by atoms with van der Waals surface area (Å²) in [5.74, 6) is -0.130. The number of nitrogens with one attached hydrogen (secondary N) is 1. The quantitative estimate of drug-likeness (QED) is 0.713. The molecular weight excluding hydrogens is 326 g/mol. The summed E-state index contributed by atoms with van der Waals surface area (Å²) in [6, 6.07) is 16.6. The van der Waals surface area contributed by atoms with Crippen molar-refractivity contribution in [2.75, 3.05) is 20.3 Å². The predicted octanol–water partition coefficient (Wildman–Crippen LogP) is 4.35. The number of hydrogen-bond donors (Lipinski definition) is 1. The van der Waals surface area contributed by atoms with Gasteiger partial charge in [-0.3, -0.25) is 4.79 Å². The fourth-order valence-corrected chi connectivity index (χ4v) is 4.03. The molecule has 1 aliphatic heterocycles. The van der Waals surface area contributed by atoms with Crippen molar-refractivity contribution >= 4 is 16.9 Å². The minimum atomic E-state index is -0.505. The zero-order valence-corrected chi connectivity index (χ0v) is 15.0. The van der Waals surface area contributed by atoms with Crippen LogP contribution in [0.4, 0.5) is 0 Å². The molecule has 1 aliphatic rings. The predicted molar refractivity (Wildman–Crippen MR) is 102 cm³/mol. The van der Waals surface area contributed by atoms with Gasteiger partial charge in [0.25, 0.3) is 0 Å². The molecule has 134 valence electrons. The smallest absolute Gasteiger partial charge is 0.312 e. The van der Waals surface area contributed by atoms with Crippen LogP contribution in [0.2, 0.25) is 0 Å². The van der Waals surface area contributed by atoms with Gasteiger partial charge in [-0.2, -0.15) is 0 Å². The van der Waals surface area contributed by atoms with Crippen LogP contribution in [-0.4, -0.2) is 31.3 Å². The third-order valence-corrected chi connectivity index (χ3v) is 5.49. The molecule has 0 bridgehead atoms. The van der Waals surface area contributed by atoms with Crippen LogP contribution in [0.15, 0.2) is 54.7 Å². The number of aromatic amines is 1. The Hall–Kier alpha value is -2.59. The first-order valence-electron chi connectivity index (χ1n) is 9.04. The summed E-state index contributed by atoms with van der Waals surface area (Å²) < 4.78 is 10.7. The van der Waals surface area contributed by atoms with E-state index < -0.39 is 5.41 Å². The second-order valence-corrected chi connectivity index (χ2v) is 6.97. The van der Waals surface area contributed by atoms with Crippen molar-refractivity contribution in [3.8, 4) is 11.1 Å². The lowest BCUT2D eigenvalue weighted by atomic mass is 9.74. The fourth-order valence-electron chi connectivity index (χ4n) is 4.03. The van der Waals surface area contributed by atoms with E-state index >= 15 is 0 Å². The summed E-state index contributed by atoms with van der Waals surface area (Å²) in [6.07, 6.45) is 4.11. The number of esters is 1. The van der Waals surface area contributed by atoms with Gasteiger partial charge in [0.1, 0.15) is 0 Å². The molecule has 1 N–H and O–H groups in total. The van der Waals surface area contributed by atoms with Gasteiger partial charge in [-0.05, 0) is 36.5 Å². The molecular formula is C22H23NO3. The Morgan fingerprint density at radius 1 is 1.08 bits per heavy atom. The maximum absolute atomic E-state index is 12.6. The van der Waals surface area contributed by atoms with E-state index in [0.717, 1.165) is 5.52 Å². The summed E-state index contributed by atoms with van der Waals surface area (Å²) in [4.78, 5) is 16.0. The number of benzene rings is 2. The average Bonchev–Trinajstić information content (AvgIpc) is 3.12. The van der Waals surface area contributed by atoms with Gasteiger partial charge in [0.05, 0.1) is 12.5 Å². The molecule has 0 unspecified atom stereocenters. The van der Waals surface area contributed by atoms with E-state index in [4.69, 9.17) is 9.47 Å². The number of fused-ring (bicyclic) bond motifs is 1. The van der Waals surface area contributed by atoms with Crippen LogP contribution in [0.5, 0.6) is 0 Å². The summed E-state index contributed by atoms with van der Waals surface area (Å²) in [5, 5.41) is 1.19. The van der Waals surface area contributed by atoms with E-state index in [9.17, 15) is 4.79 Å². The van der Waals surface area contributed by atoms with E-state index in [2.05, 4.69) is 47.6 Å². The maximum Gasteiger partial charge on any atom is 0.312 e. The minimum Gasteiger partial charge on any atom is -0.469 e. The van der Waals surface area contributed by atoms with Crippen LogP contribution in [0.3, 0.4) is 0 Å². The molecule has 4 rings (SSSR count). The van der Waals surface area contributed by atoms with Gasteiger partial charge < -0.3 is 14.5 Å². The lowest BCUT2D eigenvalue weighted by Crippen LogP contribution is -2.40. The average molecular weight is 349 g/mol. The summed E-state index contributed by atoms with van der Waals surface area (Å²) >= 11 is 0. The van der Waals surface area contributed by atoms with Crippen LogP contribution in [-0.2, 0) is 20.7 Å². The largest absolute Gasteiger partial charge is 0.469 e. The number of rotatable bonds is 4. The van der Waals surface area contributed by atoms with Gasteiger partial charge in [-0.1, -0.05) is 42.5 Å². The van der Waals surface area contributed by atoms with Crippen LogP contribution in [0.25, 0.3) is 22.0 Å². The molecule has 26 heavy (non-hydrogen) atoms. The van der Waals surface area contributed by atoms with Crippen LogP contribution < -0.4 is 0 Å². The van der Waals surface area contributed by atoms with Crippen LogP contribution in [0.1, 0.15) is 18.4 Å². The van der Waals surface area contributed by atoms with Gasteiger partial charge in [-0.25, -0.2) is 0 Å². The molecule has 0 spiro atoms. The summed E-state index contributed by atoms with van der Waals surface area (Å²) in [5.41, 5.74) is 4.12. The van der Waals surface area contributed by atoms with Crippen molar-refractivity contribution in [2.45, 2.75) is 19.3 Å². The Bertz CT molecular complexity index is 922. The van der Waals surface area contributed by atoms with Gasteiger partial charge in [0.2, 0.25) is 0 Å². The number of methoxy groups -OCH3 is 1. The third kappa shape index (κ3) is 2.90. The highest BCUT2D eigenvalue weighted by Gasteiger charge is 2.41. The fraction of sp³-hybridized carbons (Fsp3) is 0.318. The molecule has 1 fully saturated rings. The first-order chi connectivity index (χ1) is 12.7. The zero-order chi connectivity index (χ0) is 18.0. The summed E-state index contributed by atoms with van der Waals surface area (Å²) in [6.45, 7) is 1.20. The molecule has 0 saturated carbocycles. The van der Waals surface area contributed by atoms with Crippen LogP contribution >= 0.6 is 0 Å². The number of ether oxygens (including phenoxy) is 2. The van der Waals surface area contributed by atoms with Crippen molar-refractivity contribution in [1.29, 1.82) is 0 Å². The number of carbonyl (C=O) groups is 1. The van der Waals surface area contributed by atoms with Crippen molar-refractivity contribution in [2.24, 2.45) is 5.41 Å². The molecule has 1 aromatic heterocycles. The topological polar surface area (TPSA) is 51.3 Å². The Morgan fingerprint density at radius 3 is 2.62 bits per heavy atom. The van der Waals surface area contributed by atoms with E-state index in [1.165, 1.54) is 29.2 Å². The lowest BCUT2D eigenvalue weighted by molar-refractivity contribution is -0.158. The first-order valence-corrected chi connectivity index (χ1v) is 9.04. The SMILES string of the molecule is COC(=O)C1(Cc2ccccc2-c2c[nH]c3ccccc23)CCOCC1. The molecule has 1 saturated heterocycles. The molecule has 0 radical (unpaired) electrons. The third-order valence-electron chi connectivity index (χ3n) is 5.49. The lowest BCUT2D eigenvalue weighted by Gasteiger charge is -2.35. The van der Waals surface area contributed by atoms with Gasteiger partial charge in [0, 0.05) is 35.9 Å². The molecule has 0 amide bonds. The van der Waals surface area contributed by atoms with Gasteiger partial charge in [0.15, 0.2) is 0 Å². The number of hydrogen-bond acceptors (Lipinski definition) is 3. The molecule has 3 aromatic rings. The number of aromatic nitrogens is 1. The Labute approximate surface area is 153 Å². The van der Waals surface area contributed by atoms with E-state index in [-0.39, 0.29) is 5.97 Å². The Kier molecular flexibility index (Phi) is 4.51. The van der Waals surface area contributed by atoms with Crippen molar-refractivity contribution < 1.29 is 14.3 Å².